The Morgan fingerprint density at radius 2 is 2.03 bits per heavy atom. The van der Waals surface area contributed by atoms with Crippen LogP contribution in [0.4, 0.5) is 4.39 Å². The number of carbonyl (C=O) groups excluding carboxylic acids is 1. The van der Waals surface area contributed by atoms with E-state index in [1.165, 1.54) is 19.4 Å². The van der Waals surface area contributed by atoms with Crippen LogP contribution < -0.4 is 14.9 Å². The van der Waals surface area contributed by atoms with Gasteiger partial charge in [0.05, 0.1) is 17.8 Å². The Labute approximate surface area is 202 Å². The van der Waals surface area contributed by atoms with E-state index in [1.807, 2.05) is 0 Å². The molecule has 168 valence electrons. The maximum Gasteiger partial charge on any atom is 0.307 e. The highest BCUT2D eigenvalue weighted by Crippen LogP contribution is 2.37. The molecule has 33 heavy (non-hydrogen) atoms. The minimum absolute atomic E-state index is 0.0356. The molecule has 0 aliphatic heterocycles. The molecule has 6 nitrogen and oxygen atoms in total. The van der Waals surface area contributed by atoms with Crippen LogP contribution in [0.5, 0.6) is 11.5 Å². The number of benzene rings is 3. The third-order valence-corrected chi connectivity index (χ3v) is 5.49. The SMILES string of the molecule is COc1cc(/C=N/NC(=O)c2cc3cc(Cl)ccc3o2)cc(Br)c1OCc1ccccc1F. The van der Waals surface area contributed by atoms with Crippen molar-refractivity contribution in [2.75, 3.05) is 7.11 Å². The van der Waals surface area contributed by atoms with Crippen LogP contribution in [0.3, 0.4) is 0 Å². The van der Waals surface area contributed by atoms with Crippen molar-refractivity contribution in [3.63, 3.8) is 0 Å². The second-order valence-electron chi connectivity index (χ2n) is 6.91. The molecular weight excluding hydrogens is 515 g/mol. The lowest BCUT2D eigenvalue weighted by atomic mass is 10.2. The van der Waals surface area contributed by atoms with Gasteiger partial charge in [-0.2, -0.15) is 5.10 Å². The zero-order valence-electron chi connectivity index (χ0n) is 17.3. The maximum atomic E-state index is 13.9. The zero-order valence-corrected chi connectivity index (χ0v) is 19.6. The van der Waals surface area contributed by atoms with Crippen LogP contribution in [0.2, 0.25) is 5.02 Å². The number of fused-ring (bicyclic) bond motifs is 1. The van der Waals surface area contributed by atoms with Gasteiger partial charge in [-0.05, 0) is 64.0 Å². The lowest BCUT2D eigenvalue weighted by Gasteiger charge is -2.14. The van der Waals surface area contributed by atoms with E-state index in [1.54, 1.807) is 54.6 Å². The summed E-state index contributed by atoms with van der Waals surface area (Å²) in [6, 6.07) is 16.5. The Kier molecular flexibility index (Phi) is 6.96. The van der Waals surface area contributed by atoms with E-state index in [2.05, 4.69) is 26.5 Å². The molecule has 4 rings (SSSR count). The summed E-state index contributed by atoms with van der Waals surface area (Å²) in [6.07, 6.45) is 1.45. The summed E-state index contributed by atoms with van der Waals surface area (Å²) in [7, 11) is 1.49. The van der Waals surface area contributed by atoms with E-state index in [-0.39, 0.29) is 18.2 Å². The Morgan fingerprint density at radius 1 is 1.21 bits per heavy atom. The van der Waals surface area contributed by atoms with Gasteiger partial charge in [-0.25, -0.2) is 9.82 Å². The van der Waals surface area contributed by atoms with Gasteiger partial charge >= 0.3 is 5.91 Å². The smallest absolute Gasteiger partial charge is 0.307 e. The fraction of sp³-hybridized carbons (Fsp3) is 0.0833. The van der Waals surface area contributed by atoms with Crippen LogP contribution in [0.15, 0.2) is 74.7 Å². The van der Waals surface area contributed by atoms with Gasteiger partial charge in [0, 0.05) is 16.0 Å². The molecule has 0 aliphatic carbocycles. The van der Waals surface area contributed by atoms with Gasteiger partial charge in [0.15, 0.2) is 17.3 Å². The predicted octanol–water partition coefficient (Wildman–Crippen LogP) is 6.34. The van der Waals surface area contributed by atoms with E-state index in [0.29, 0.717) is 37.7 Å². The van der Waals surface area contributed by atoms with Crippen molar-refractivity contribution in [1.82, 2.24) is 5.43 Å². The van der Waals surface area contributed by atoms with Gasteiger partial charge in [0.1, 0.15) is 18.0 Å². The summed E-state index contributed by atoms with van der Waals surface area (Å²) in [5.41, 5.74) is 4.03. The Bertz CT molecular complexity index is 1360. The van der Waals surface area contributed by atoms with Gasteiger partial charge in [-0.1, -0.05) is 29.8 Å². The molecule has 1 N–H and O–H groups in total. The summed E-state index contributed by atoms with van der Waals surface area (Å²) in [5.74, 6) is 0.0969. The van der Waals surface area contributed by atoms with Gasteiger partial charge < -0.3 is 13.9 Å². The Morgan fingerprint density at radius 3 is 2.82 bits per heavy atom. The van der Waals surface area contributed by atoms with E-state index < -0.39 is 5.91 Å². The number of halogens is 3. The van der Waals surface area contributed by atoms with Crippen molar-refractivity contribution >= 4 is 50.6 Å². The zero-order chi connectivity index (χ0) is 23.4. The summed E-state index contributed by atoms with van der Waals surface area (Å²) in [5, 5.41) is 5.25. The van der Waals surface area contributed by atoms with E-state index >= 15 is 0 Å². The second kappa shape index (κ2) is 10.1. The molecule has 0 bridgehead atoms. The lowest BCUT2D eigenvalue weighted by Crippen LogP contribution is -2.16. The minimum atomic E-state index is -0.505. The molecular formula is C24H17BrClFN2O4. The monoisotopic (exact) mass is 530 g/mol. The topological polar surface area (TPSA) is 73.1 Å². The quantitative estimate of drug-likeness (QED) is 0.223. The number of hydrogen-bond acceptors (Lipinski definition) is 5. The number of carbonyl (C=O) groups is 1. The first-order valence-electron chi connectivity index (χ1n) is 9.71. The Hall–Kier alpha value is -3.36. The number of hydrogen-bond donors (Lipinski definition) is 1. The molecule has 0 unspecified atom stereocenters. The third-order valence-electron chi connectivity index (χ3n) is 4.66. The first-order valence-corrected chi connectivity index (χ1v) is 10.9. The van der Waals surface area contributed by atoms with Crippen molar-refractivity contribution in [1.29, 1.82) is 0 Å². The molecule has 0 spiro atoms. The number of hydrazone groups is 1. The Balaban J connectivity index is 1.45. The standard InChI is InChI=1S/C24H17BrClFN2O4/c1-31-21-9-14(8-18(25)23(21)32-13-15-4-2-3-5-19(15)27)12-28-29-24(30)22-11-16-10-17(26)6-7-20(16)33-22/h2-12H,13H2,1H3,(H,29,30)/b28-12+. The molecule has 0 saturated carbocycles. The van der Waals surface area contributed by atoms with Crippen LogP contribution in [0.25, 0.3) is 11.0 Å². The van der Waals surface area contributed by atoms with Gasteiger partial charge in [0.25, 0.3) is 0 Å². The summed E-state index contributed by atoms with van der Waals surface area (Å²) in [6.45, 7) is 0.0356. The number of rotatable bonds is 7. The lowest BCUT2D eigenvalue weighted by molar-refractivity contribution is 0.0929. The highest BCUT2D eigenvalue weighted by molar-refractivity contribution is 9.10. The number of methoxy groups -OCH3 is 1. The van der Waals surface area contributed by atoms with Gasteiger partial charge in [-0.15, -0.1) is 0 Å². The number of nitrogens with one attached hydrogen (secondary N) is 1. The van der Waals surface area contributed by atoms with E-state index in [0.717, 1.165) is 5.39 Å². The van der Waals surface area contributed by atoms with Crippen molar-refractivity contribution in [3.05, 3.63) is 92.9 Å². The van der Waals surface area contributed by atoms with Gasteiger partial charge in [0.2, 0.25) is 0 Å². The van der Waals surface area contributed by atoms with Crippen LogP contribution >= 0.6 is 27.5 Å². The molecule has 1 aromatic heterocycles. The van der Waals surface area contributed by atoms with Crippen molar-refractivity contribution in [2.45, 2.75) is 6.61 Å². The molecule has 4 aromatic rings. The summed E-state index contributed by atoms with van der Waals surface area (Å²) < 4.78 is 31.1. The van der Waals surface area contributed by atoms with Gasteiger partial charge in [-0.3, -0.25) is 4.79 Å². The first kappa shape index (κ1) is 22.8. The molecule has 3 aromatic carbocycles. The fourth-order valence-electron chi connectivity index (χ4n) is 3.07. The number of furan rings is 1. The molecule has 0 fully saturated rings. The summed E-state index contributed by atoms with van der Waals surface area (Å²) >= 11 is 9.40. The van der Waals surface area contributed by atoms with Crippen LogP contribution in [0, 0.1) is 5.82 Å². The number of nitrogens with zero attached hydrogens (tertiary/aromatic N) is 1. The van der Waals surface area contributed by atoms with E-state index in [4.69, 9.17) is 25.5 Å². The van der Waals surface area contributed by atoms with Crippen molar-refractivity contribution < 1.29 is 23.1 Å². The number of ether oxygens (including phenoxy) is 2. The molecule has 0 saturated heterocycles. The summed E-state index contributed by atoms with van der Waals surface area (Å²) in [4.78, 5) is 12.3. The third kappa shape index (κ3) is 5.35. The molecule has 1 amide bonds. The van der Waals surface area contributed by atoms with Crippen LogP contribution in [-0.4, -0.2) is 19.2 Å². The van der Waals surface area contributed by atoms with Crippen molar-refractivity contribution in [3.8, 4) is 11.5 Å². The molecule has 1 heterocycles. The van der Waals surface area contributed by atoms with Crippen LogP contribution in [0.1, 0.15) is 21.7 Å². The normalized spacial score (nSPS) is 11.2. The highest BCUT2D eigenvalue weighted by atomic mass is 79.9. The highest BCUT2D eigenvalue weighted by Gasteiger charge is 2.14. The van der Waals surface area contributed by atoms with Crippen molar-refractivity contribution in [2.24, 2.45) is 5.10 Å². The molecule has 0 atom stereocenters. The average molecular weight is 532 g/mol. The average Bonchev–Trinajstić information content (AvgIpc) is 3.22. The number of amides is 1. The minimum Gasteiger partial charge on any atom is -0.493 e. The second-order valence-corrected chi connectivity index (χ2v) is 8.20. The largest absolute Gasteiger partial charge is 0.493 e. The first-order chi connectivity index (χ1) is 15.9. The maximum absolute atomic E-state index is 13.9. The molecule has 0 radical (unpaired) electrons. The fourth-order valence-corrected chi connectivity index (χ4v) is 3.82. The molecule has 9 heteroatoms. The van der Waals surface area contributed by atoms with Crippen LogP contribution in [-0.2, 0) is 6.61 Å². The van der Waals surface area contributed by atoms with E-state index in [9.17, 15) is 9.18 Å². The predicted molar refractivity (Wildman–Crippen MR) is 128 cm³/mol. The molecule has 0 aliphatic rings.